The zero-order valence-electron chi connectivity index (χ0n) is 31.4. The zero-order valence-corrected chi connectivity index (χ0v) is 33.4. The van der Waals surface area contributed by atoms with Crippen molar-refractivity contribution in [2.75, 3.05) is 19.5 Å². The summed E-state index contributed by atoms with van der Waals surface area (Å²) < 4.78 is 33.3. The Balaban J connectivity index is 1.96. The third-order valence-electron chi connectivity index (χ3n) is 10.1. The van der Waals surface area contributed by atoms with Gasteiger partial charge in [0, 0.05) is 24.2 Å². The Hall–Kier alpha value is -2.63. The predicted octanol–water partition coefficient (Wildman–Crippen LogP) is 7.75. The maximum atomic E-state index is 13.3. The molecule has 0 unspecified atom stereocenters. The summed E-state index contributed by atoms with van der Waals surface area (Å²) in [6, 6.07) is 4.59. The summed E-state index contributed by atoms with van der Waals surface area (Å²) in [7, 11) is -2.80. The van der Waals surface area contributed by atoms with Crippen molar-refractivity contribution < 1.29 is 28.0 Å². The number of hydrogen-bond acceptors (Lipinski definition) is 10. The SMILES string of the molecule is COc1ccc([N+](=O)[O-])c([C@@H](OCc2cn([C@H]3C[C@H](O[Si](C)(C)C(C)(C)C)[C@@H](CO[Si](C)(C)C(C)(C)C)O3)c(=O)nc2N)C(C)(C)C)c1. The molecule has 0 bridgehead atoms. The molecule has 12 nitrogen and oxygen atoms in total. The molecule has 1 aliphatic rings. The minimum atomic E-state index is -2.21. The zero-order chi connectivity index (χ0) is 36.6. The summed E-state index contributed by atoms with van der Waals surface area (Å²) >= 11 is 0. The maximum Gasteiger partial charge on any atom is 0.351 e. The van der Waals surface area contributed by atoms with Gasteiger partial charge in [-0.1, -0.05) is 62.3 Å². The third kappa shape index (κ3) is 9.13. The molecule has 1 fully saturated rings. The number of anilines is 1. The molecule has 0 spiro atoms. The molecule has 1 aliphatic heterocycles. The first-order valence-electron chi connectivity index (χ1n) is 16.6. The van der Waals surface area contributed by atoms with Crippen LogP contribution in [0.1, 0.15) is 92.2 Å². The van der Waals surface area contributed by atoms with E-state index in [1.807, 2.05) is 20.8 Å². The number of nitro groups is 1. The van der Waals surface area contributed by atoms with Crippen LogP contribution >= 0.6 is 0 Å². The molecule has 0 saturated carbocycles. The van der Waals surface area contributed by atoms with Crippen molar-refractivity contribution in [3.05, 3.63) is 56.1 Å². The molecular weight excluding hydrogens is 649 g/mol. The summed E-state index contributed by atoms with van der Waals surface area (Å²) in [4.78, 5) is 29.0. The highest BCUT2D eigenvalue weighted by Crippen LogP contribution is 2.44. The van der Waals surface area contributed by atoms with Crippen LogP contribution in [-0.4, -0.2) is 57.0 Å². The van der Waals surface area contributed by atoms with Crippen molar-refractivity contribution >= 4 is 28.1 Å². The lowest BCUT2D eigenvalue weighted by Crippen LogP contribution is -2.48. The number of hydrogen-bond donors (Lipinski definition) is 1. The van der Waals surface area contributed by atoms with Crippen LogP contribution in [0.15, 0.2) is 29.2 Å². The van der Waals surface area contributed by atoms with Crippen molar-refractivity contribution in [3.8, 4) is 5.75 Å². The van der Waals surface area contributed by atoms with E-state index in [-0.39, 0.29) is 40.4 Å². The number of methoxy groups -OCH3 is 1. The van der Waals surface area contributed by atoms with Crippen molar-refractivity contribution in [1.29, 1.82) is 0 Å². The van der Waals surface area contributed by atoms with Crippen LogP contribution in [0.4, 0.5) is 11.5 Å². The summed E-state index contributed by atoms with van der Waals surface area (Å²) in [5, 5.41) is 12.0. The maximum absolute atomic E-state index is 13.3. The Morgan fingerprint density at radius 3 is 2.19 bits per heavy atom. The summed E-state index contributed by atoms with van der Waals surface area (Å²) in [6.45, 7) is 28.1. The molecule has 0 aliphatic carbocycles. The fraction of sp³-hybridized carbons (Fsp3) is 0.706. The van der Waals surface area contributed by atoms with Gasteiger partial charge in [-0.2, -0.15) is 4.98 Å². The second kappa shape index (κ2) is 14.3. The highest BCUT2D eigenvalue weighted by molar-refractivity contribution is 6.74. The summed E-state index contributed by atoms with van der Waals surface area (Å²) in [5.41, 5.74) is 5.92. The molecule has 270 valence electrons. The van der Waals surface area contributed by atoms with Crippen molar-refractivity contribution in [1.82, 2.24) is 9.55 Å². The molecule has 2 heterocycles. The molecule has 1 aromatic carbocycles. The fourth-order valence-corrected chi connectivity index (χ4v) is 7.43. The fourth-order valence-electron chi connectivity index (χ4n) is 5.06. The molecule has 1 aromatic heterocycles. The van der Waals surface area contributed by atoms with E-state index in [4.69, 9.17) is 28.8 Å². The van der Waals surface area contributed by atoms with Gasteiger partial charge in [-0.15, -0.1) is 0 Å². The number of ether oxygens (including phenoxy) is 3. The second-order valence-corrected chi connectivity index (χ2v) is 26.5. The third-order valence-corrected chi connectivity index (χ3v) is 19.1. The first kappa shape index (κ1) is 39.8. The average molecular weight is 707 g/mol. The molecular formula is C34H58N4O8Si2. The Labute approximate surface area is 288 Å². The lowest BCUT2D eigenvalue weighted by molar-refractivity contribution is -0.386. The number of nitrogens with two attached hydrogens (primary N) is 1. The van der Waals surface area contributed by atoms with Crippen molar-refractivity contribution in [3.63, 3.8) is 0 Å². The van der Waals surface area contributed by atoms with Gasteiger partial charge in [0.2, 0.25) is 0 Å². The Kier molecular flexibility index (Phi) is 11.9. The quantitative estimate of drug-likeness (QED) is 0.132. The van der Waals surface area contributed by atoms with Crippen LogP contribution in [0.3, 0.4) is 0 Å². The average Bonchev–Trinajstić information content (AvgIpc) is 3.32. The van der Waals surface area contributed by atoms with Gasteiger partial charge >= 0.3 is 5.69 Å². The number of rotatable bonds is 12. The topological polar surface area (TPSA) is 150 Å². The van der Waals surface area contributed by atoms with E-state index in [1.165, 1.54) is 17.7 Å². The molecule has 0 radical (unpaired) electrons. The van der Waals surface area contributed by atoms with Crippen LogP contribution in [0.2, 0.25) is 36.3 Å². The number of benzene rings is 1. The molecule has 2 aromatic rings. The van der Waals surface area contributed by atoms with Crippen molar-refractivity contribution in [2.24, 2.45) is 5.41 Å². The first-order chi connectivity index (χ1) is 21.8. The van der Waals surface area contributed by atoms with Gasteiger partial charge in [0.1, 0.15) is 23.9 Å². The van der Waals surface area contributed by atoms with Crippen LogP contribution in [0.5, 0.6) is 5.75 Å². The van der Waals surface area contributed by atoms with Crippen LogP contribution in [0, 0.1) is 15.5 Å². The van der Waals surface area contributed by atoms with E-state index in [0.717, 1.165) is 0 Å². The van der Waals surface area contributed by atoms with E-state index < -0.39 is 45.0 Å². The van der Waals surface area contributed by atoms with E-state index in [2.05, 4.69) is 72.7 Å². The number of nitrogens with zero attached hydrogens (tertiary/aromatic N) is 3. The van der Waals surface area contributed by atoms with Gasteiger partial charge in [-0.05, 0) is 53.8 Å². The Bertz CT molecular complexity index is 1510. The molecule has 1 saturated heterocycles. The monoisotopic (exact) mass is 706 g/mol. The summed E-state index contributed by atoms with van der Waals surface area (Å²) in [6.07, 6.45) is 0.00436. The van der Waals surface area contributed by atoms with E-state index >= 15 is 0 Å². The smallest absolute Gasteiger partial charge is 0.351 e. The van der Waals surface area contributed by atoms with E-state index in [1.54, 1.807) is 18.3 Å². The minimum Gasteiger partial charge on any atom is -0.497 e. The van der Waals surface area contributed by atoms with Crippen LogP contribution in [-0.2, 0) is 24.9 Å². The molecule has 3 rings (SSSR count). The molecule has 0 amide bonds. The van der Waals surface area contributed by atoms with Gasteiger partial charge in [0.15, 0.2) is 16.6 Å². The molecule has 48 heavy (non-hydrogen) atoms. The van der Waals surface area contributed by atoms with Crippen molar-refractivity contribution in [2.45, 2.75) is 136 Å². The first-order valence-corrected chi connectivity index (χ1v) is 22.4. The van der Waals surface area contributed by atoms with E-state index in [9.17, 15) is 14.9 Å². The predicted molar refractivity (Wildman–Crippen MR) is 193 cm³/mol. The Morgan fingerprint density at radius 1 is 1.06 bits per heavy atom. The summed E-state index contributed by atoms with van der Waals surface area (Å²) in [5.74, 6) is 0.497. The van der Waals surface area contributed by atoms with Gasteiger partial charge in [-0.3, -0.25) is 14.7 Å². The largest absolute Gasteiger partial charge is 0.497 e. The lowest BCUT2D eigenvalue weighted by Gasteiger charge is -2.40. The van der Waals surface area contributed by atoms with Gasteiger partial charge in [-0.25, -0.2) is 4.79 Å². The normalized spacial score (nSPS) is 20.2. The number of nitrogen functional groups attached to an aromatic ring is 1. The second-order valence-electron chi connectivity index (χ2n) is 16.9. The van der Waals surface area contributed by atoms with Crippen LogP contribution in [0.25, 0.3) is 0 Å². The van der Waals surface area contributed by atoms with Gasteiger partial charge in [0.05, 0.1) is 43.0 Å². The molecule has 14 heteroatoms. The standard InChI is InChI=1S/C34H58N4O8Si2/c1-32(2,3)29(24-17-23(42-10)15-16-25(24)38(40)41)43-20-22-19-37(31(39)36-30(22)35)28-18-26(46-48(13,14)34(7,8)9)27(45-28)21-44-47(11,12)33(4,5)6/h15-17,19,26-29H,18,20-21H2,1-14H3,(H2,35,36,39)/t26-,27+,28+,29+/m0/s1. The molecule has 4 atom stereocenters. The molecule has 2 N–H and O–H groups in total. The van der Waals surface area contributed by atoms with Gasteiger partial charge < -0.3 is 28.8 Å². The highest BCUT2D eigenvalue weighted by atomic mass is 28.4. The number of aromatic nitrogens is 2. The highest BCUT2D eigenvalue weighted by Gasteiger charge is 2.47. The number of nitro benzene ring substituents is 1. The van der Waals surface area contributed by atoms with E-state index in [0.29, 0.717) is 29.9 Å². The van der Waals surface area contributed by atoms with Gasteiger partial charge in [0.25, 0.3) is 5.69 Å². The Morgan fingerprint density at radius 2 is 1.67 bits per heavy atom. The van der Waals surface area contributed by atoms with Crippen LogP contribution < -0.4 is 16.2 Å². The minimum absolute atomic E-state index is 0.0176. The lowest BCUT2D eigenvalue weighted by atomic mass is 9.83.